The van der Waals surface area contributed by atoms with E-state index in [1.807, 2.05) is 0 Å². The van der Waals surface area contributed by atoms with Crippen molar-refractivity contribution in [2.75, 3.05) is 0 Å². The number of aromatic nitrogens is 6. The number of hydrogen-bond acceptors (Lipinski definition) is 0. The van der Waals surface area contributed by atoms with Crippen LogP contribution in [0.1, 0.15) is 0 Å². The lowest BCUT2D eigenvalue weighted by atomic mass is 9.95. The lowest BCUT2D eigenvalue weighted by Crippen LogP contribution is -1.92. The summed E-state index contributed by atoms with van der Waals surface area (Å²) in [6.07, 6.45) is 0. The third-order valence-corrected chi connectivity index (χ3v) is 30.4. The van der Waals surface area contributed by atoms with Crippen molar-refractivity contribution < 1.29 is 0 Å². The summed E-state index contributed by atoms with van der Waals surface area (Å²) in [5, 5.41) is 15.2. The highest BCUT2D eigenvalue weighted by Gasteiger charge is 2.23. The second-order valence-electron chi connectivity index (χ2n) is 39.0. The van der Waals surface area contributed by atoms with Crippen LogP contribution in [0.4, 0.5) is 0 Å². The predicted molar refractivity (Wildman–Crippen MR) is 634 cm³/mol. The molecular weight excluding hydrogens is 1810 g/mol. The third kappa shape index (κ3) is 15.6. The van der Waals surface area contributed by atoms with Gasteiger partial charge in [0.2, 0.25) is 0 Å². The van der Waals surface area contributed by atoms with E-state index in [4.69, 9.17) is 0 Å². The molecule has 0 aliphatic rings. The lowest BCUT2D eigenvalue weighted by Gasteiger charge is -2.10. The van der Waals surface area contributed by atoms with Gasteiger partial charge in [0.1, 0.15) is 0 Å². The fraction of sp³-hybridized carbons (Fsp3) is 0. The Labute approximate surface area is 868 Å². The molecule has 0 aliphatic carbocycles. The lowest BCUT2D eigenvalue weighted by molar-refractivity contribution is 1.18. The number of rotatable bonds is 15. The quantitative estimate of drug-likeness (QED) is 0.0979. The van der Waals surface area contributed by atoms with E-state index in [1.54, 1.807) is 0 Å². The van der Waals surface area contributed by atoms with E-state index in [9.17, 15) is 0 Å². The van der Waals surface area contributed by atoms with Crippen molar-refractivity contribution in [3.05, 3.63) is 582 Å². The molecule has 0 amide bonds. The predicted octanol–water partition coefficient (Wildman–Crippen LogP) is 38.6. The molecule has 24 aromatic carbocycles. The fourth-order valence-electron chi connectivity index (χ4n) is 23.2. The standard InChI is InChI=1S/3C48H32N2/c1-3-17-39(18-4-1)49-45-23-9-7-21-41(45)43-31-37(25-27-47(43)49)35-15-11-13-33(29-35)34-14-12-16-36(30-34)38-26-28-48-44(32-38)42-22-8-10-24-46(42)50(48)40-19-5-2-6-20-40;1-3-14-39(15-4-1)49-45-20-9-7-18-41(45)43-31-37(26-28-47(43)49)34-24-22-33(23-25-34)35-12-11-13-36(30-35)38-27-29-48-44(32-38)42-19-8-10-21-46(42)50(48)40-16-5-2-6-17-40;1-3-11-39(12-4-1)49-45-17-9-7-15-41(45)43-31-37(27-29-47(43)49)35-23-19-33(20-24-35)34-21-25-36(26-22-34)38-28-30-48-44(32-38)42-16-8-10-18-46(42)50(48)40-13-5-2-6-14-40/h3*1-32H. The normalized spacial score (nSPS) is 11.6. The van der Waals surface area contributed by atoms with Crippen LogP contribution in [0.15, 0.2) is 582 Å². The summed E-state index contributed by atoms with van der Waals surface area (Å²) < 4.78 is 14.2. The number of nitrogens with zero attached hydrogens (tertiary/aromatic N) is 6. The van der Waals surface area contributed by atoms with Crippen LogP contribution < -0.4 is 0 Å². The minimum Gasteiger partial charge on any atom is -0.309 e. The van der Waals surface area contributed by atoms with Gasteiger partial charge in [-0.1, -0.05) is 382 Å². The van der Waals surface area contributed by atoms with E-state index in [-0.39, 0.29) is 0 Å². The molecule has 0 saturated heterocycles. The van der Waals surface area contributed by atoms with Crippen molar-refractivity contribution in [1.82, 2.24) is 27.4 Å². The molecular formula is C144H96N6. The van der Waals surface area contributed by atoms with Crippen LogP contribution in [-0.2, 0) is 0 Å². The summed E-state index contributed by atoms with van der Waals surface area (Å²) in [5.74, 6) is 0. The Morgan fingerprint density at radius 1 is 0.0733 bits per heavy atom. The van der Waals surface area contributed by atoms with E-state index in [0.717, 1.165) is 0 Å². The highest BCUT2D eigenvalue weighted by Crippen LogP contribution is 2.46. The molecule has 6 aromatic heterocycles. The highest BCUT2D eigenvalue weighted by molar-refractivity contribution is 6.17. The number of fused-ring (bicyclic) bond motifs is 18. The molecule has 702 valence electrons. The van der Waals surface area contributed by atoms with Crippen LogP contribution in [-0.4, -0.2) is 27.4 Å². The van der Waals surface area contributed by atoms with Gasteiger partial charge < -0.3 is 27.4 Å². The minimum atomic E-state index is 1.18. The zero-order valence-corrected chi connectivity index (χ0v) is 82.1. The van der Waals surface area contributed by atoms with Gasteiger partial charge in [-0.3, -0.25) is 0 Å². The molecule has 0 fully saturated rings. The number of para-hydroxylation sites is 12. The largest absolute Gasteiger partial charge is 0.309 e. The van der Waals surface area contributed by atoms with E-state index < -0.39 is 0 Å². The Morgan fingerprint density at radius 3 is 0.367 bits per heavy atom. The van der Waals surface area contributed by atoms with Crippen LogP contribution in [0.25, 0.3) is 265 Å². The zero-order valence-electron chi connectivity index (χ0n) is 82.1. The van der Waals surface area contributed by atoms with Crippen LogP contribution in [0.2, 0.25) is 0 Å². The van der Waals surface area contributed by atoms with Crippen molar-refractivity contribution in [3.8, 4) is 134 Å². The van der Waals surface area contributed by atoms with Gasteiger partial charge in [-0.25, -0.2) is 0 Å². The maximum atomic E-state index is 2.37. The second-order valence-corrected chi connectivity index (χ2v) is 39.0. The number of hydrogen-bond donors (Lipinski definition) is 0. The average molecular weight is 1910 g/mol. The van der Waals surface area contributed by atoms with Gasteiger partial charge in [0.25, 0.3) is 0 Å². The molecule has 0 spiro atoms. The Hall–Kier alpha value is -19.9. The first-order valence-corrected chi connectivity index (χ1v) is 51.6. The van der Waals surface area contributed by atoms with Gasteiger partial charge in [-0.15, -0.1) is 0 Å². The molecule has 6 heteroatoms. The Bertz CT molecular complexity index is 10000. The SMILES string of the molecule is c1ccc(-n2c3ccccc3c3cc(-c4ccc(-c5ccc(-c6ccc7c(c6)c6ccccc6n7-c6ccccc6)cc5)cc4)ccc32)cc1.c1ccc(-n2c3ccccc3c3cc(-c4ccc(-c5cccc(-c6ccc7c(c6)c6ccccc6n7-c6ccccc6)c5)cc4)ccc32)cc1.c1ccc(-n2c3ccccc3c3cc(-c4cccc(-c5cccc(-c6ccc7c(c6)c6ccccc6n7-c6ccccc6)c5)c4)ccc32)cc1. The first-order valence-electron chi connectivity index (χ1n) is 51.6. The smallest absolute Gasteiger partial charge is 0.0541 e. The minimum absolute atomic E-state index is 1.18. The zero-order chi connectivity index (χ0) is 99.1. The topological polar surface area (TPSA) is 29.6 Å². The Morgan fingerprint density at radius 2 is 0.193 bits per heavy atom. The van der Waals surface area contributed by atoms with E-state index in [1.165, 1.54) is 265 Å². The summed E-state index contributed by atoms with van der Waals surface area (Å²) in [6, 6.07) is 211. The molecule has 0 aliphatic heterocycles. The monoisotopic (exact) mass is 1910 g/mol. The maximum Gasteiger partial charge on any atom is 0.0541 e. The van der Waals surface area contributed by atoms with E-state index >= 15 is 0 Å². The van der Waals surface area contributed by atoms with Gasteiger partial charge in [-0.05, 0) is 300 Å². The van der Waals surface area contributed by atoms with Crippen LogP contribution in [0.3, 0.4) is 0 Å². The van der Waals surface area contributed by atoms with Crippen LogP contribution in [0.5, 0.6) is 0 Å². The van der Waals surface area contributed by atoms with Gasteiger partial charge in [0.15, 0.2) is 0 Å². The third-order valence-electron chi connectivity index (χ3n) is 30.4. The molecule has 30 rings (SSSR count). The van der Waals surface area contributed by atoms with Crippen molar-refractivity contribution >= 4 is 131 Å². The summed E-state index contributed by atoms with van der Waals surface area (Å²) in [4.78, 5) is 0. The first-order chi connectivity index (χ1) is 74.4. The molecule has 0 bridgehead atoms. The van der Waals surface area contributed by atoms with E-state index in [0.29, 0.717) is 0 Å². The van der Waals surface area contributed by atoms with Gasteiger partial charge >= 0.3 is 0 Å². The average Bonchev–Trinajstić information content (AvgIpc) is 1.62. The molecule has 0 atom stereocenters. The van der Waals surface area contributed by atoms with E-state index in [2.05, 4.69) is 610 Å². The number of benzene rings is 24. The molecule has 30 aromatic rings. The maximum absolute atomic E-state index is 2.37. The van der Waals surface area contributed by atoms with Gasteiger partial charge in [0.05, 0.1) is 66.2 Å². The van der Waals surface area contributed by atoms with Crippen molar-refractivity contribution in [2.45, 2.75) is 0 Å². The van der Waals surface area contributed by atoms with Crippen molar-refractivity contribution in [1.29, 1.82) is 0 Å². The Kier molecular flexibility index (Phi) is 21.9. The van der Waals surface area contributed by atoms with Crippen molar-refractivity contribution in [3.63, 3.8) is 0 Å². The summed E-state index contributed by atoms with van der Waals surface area (Å²) >= 11 is 0. The van der Waals surface area contributed by atoms with Gasteiger partial charge in [0, 0.05) is 98.8 Å². The summed E-state index contributed by atoms with van der Waals surface area (Å²) in [6.45, 7) is 0. The van der Waals surface area contributed by atoms with Crippen molar-refractivity contribution in [2.24, 2.45) is 0 Å². The van der Waals surface area contributed by atoms with Crippen LogP contribution in [0, 0.1) is 0 Å². The molecule has 0 unspecified atom stereocenters. The highest BCUT2D eigenvalue weighted by atomic mass is 15.0. The Balaban J connectivity index is 0.000000108. The fourth-order valence-corrected chi connectivity index (χ4v) is 23.2. The molecule has 6 heterocycles. The summed E-state index contributed by atoms with van der Waals surface area (Å²) in [7, 11) is 0. The van der Waals surface area contributed by atoms with Crippen LogP contribution >= 0.6 is 0 Å². The molecule has 0 saturated carbocycles. The molecule has 0 N–H and O–H groups in total. The second kappa shape index (κ2) is 37.4. The van der Waals surface area contributed by atoms with Gasteiger partial charge in [-0.2, -0.15) is 0 Å². The molecule has 6 nitrogen and oxygen atoms in total. The first kappa shape index (κ1) is 87.8. The molecule has 150 heavy (non-hydrogen) atoms. The molecule has 0 radical (unpaired) electrons. The summed E-state index contributed by atoms with van der Waals surface area (Å²) in [5.41, 5.74) is 43.6.